The second kappa shape index (κ2) is 6.00. The van der Waals surface area contributed by atoms with Crippen molar-refractivity contribution in [1.82, 2.24) is 4.90 Å². The van der Waals surface area contributed by atoms with E-state index in [1.165, 1.54) is 38.0 Å². The predicted octanol–water partition coefficient (Wildman–Crippen LogP) is 2.76. The third-order valence-corrected chi connectivity index (χ3v) is 5.28. The molecule has 2 aliphatic heterocycles. The number of hydrogen-bond donors (Lipinski definition) is 1. The largest absolute Gasteiger partial charge is 0.389 e. The third kappa shape index (κ3) is 2.85. The number of hydrogen-bond acceptors (Lipinski definition) is 3. The smallest absolute Gasteiger partial charge is 0.104 e. The topological polar surface area (TPSA) is 32.5 Å². The number of anilines is 1. The summed E-state index contributed by atoms with van der Waals surface area (Å²) in [4.78, 5) is 5.59. The van der Waals surface area contributed by atoms with E-state index >= 15 is 0 Å². The summed E-state index contributed by atoms with van der Waals surface area (Å²) in [7, 11) is 0. The number of fused-ring (bicyclic) bond motifs is 1. The van der Waals surface area contributed by atoms with Crippen LogP contribution in [0.2, 0.25) is 0 Å². The zero-order valence-corrected chi connectivity index (χ0v) is 13.9. The van der Waals surface area contributed by atoms with Crippen LogP contribution < -0.4 is 10.6 Å². The Morgan fingerprint density at radius 1 is 1.25 bits per heavy atom. The first kappa shape index (κ1) is 14.3. The minimum atomic E-state index is 0.453. The summed E-state index contributed by atoms with van der Waals surface area (Å²) in [5.41, 5.74) is 7.87. The first-order valence-corrected chi connectivity index (χ1v) is 8.43. The molecule has 3 rings (SSSR count). The molecule has 0 spiro atoms. The molecule has 0 amide bonds. The van der Waals surface area contributed by atoms with Gasteiger partial charge in [-0.25, -0.2) is 0 Å². The summed E-state index contributed by atoms with van der Waals surface area (Å²) in [6, 6.07) is 6.91. The molecule has 108 valence electrons. The van der Waals surface area contributed by atoms with E-state index < -0.39 is 0 Å². The second-order valence-corrected chi connectivity index (χ2v) is 6.96. The molecule has 0 radical (unpaired) electrons. The molecule has 0 aromatic heterocycles. The molecule has 1 aromatic rings. The van der Waals surface area contributed by atoms with Crippen LogP contribution in [0.15, 0.2) is 22.7 Å². The van der Waals surface area contributed by atoms with Crippen LogP contribution in [0, 0.1) is 0 Å². The molecule has 5 heteroatoms. The van der Waals surface area contributed by atoms with Crippen molar-refractivity contribution in [3.63, 3.8) is 0 Å². The van der Waals surface area contributed by atoms with Gasteiger partial charge in [-0.2, -0.15) is 0 Å². The van der Waals surface area contributed by atoms with E-state index in [1.807, 2.05) is 12.1 Å². The first-order chi connectivity index (χ1) is 9.65. The fraction of sp³-hybridized carbons (Fsp3) is 0.533. The molecule has 20 heavy (non-hydrogen) atoms. The number of piperazine rings is 1. The van der Waals surface area contributed by atoms with Gasteiger partial charge in [0.1, 0.15) is 4.99 Å². The molecule has 2 fully saturated rings. The average molecular weight is 354 g/mol. The molecule has 1 atom stereocenters. The molecule has 3 nitrogen and oxygen atoms in total. The Morgan fingerprint density at radius 2 is 2.10 bits per heavy atom. The fourth-order valence-corrected chi connectivity index (χ4v) is 4.05. The molecule has 1 aromatic carbocycles. The van der Waals surface area contributed by atoms with Gasteiger partial charge < -0.3 is 10.6 Å². The summed E-state index contributed by atoms with van der Waals surface area (Å²) in [6.45, 7) is 4.68. The Labute approximate surface area is 134 Å². The van der Waals surface area contributed by atoms with Gasteiger partial charge in [-0.05, 0) is 53.5 Å². The van der Waals surface area contributed by atoms with Crippen molar-refractivity contribution in [1.29, 1.82) is 0 Å². The highest BCUT2D eigenvalue weighted by molar-refractivity contribution is 9.10. The first-order valence-electron chi connectivity index (χ1n) is 7.23. The molecule has 0 bridgehead atoms. The molecular weight excluding hydrogens is 334 g/mol. The Hall–Kier alpha value is -0.650. The van der Waals surface area contributed by atoms with Gasteiger partial charge in [-0.15, -0.1) is 0 Å². The van der Waals surface area contributed by atoms with Gasteiger partial charge in [-0.1, -0.05) is 18.6 Å². The zero-order chi connectivity index (χ0) is 14.1. The Kier molecular flexibility index (Phi) is 4.29. The fourth-order valence-electron chi connectivity index (χ4n) is 3.29. The summed E-state index contributed by atoms with van der Waals surface area (Å²) in [5.74, 6) is 0. The second-order valence-electron chi connectivity index (χ2n) is 5.66. The molecule has 1 unspecified atom stereocenters. The van der Waals surface area contributed by atoms with Crippen molar-refractivity contribution in [2.75, 3.05) is 31.1 Å². The van der Waals surface area contributed by atoms with Crippen LogP contribution in [0.25, 0.3) is 0 Å². The minimum absolute atomic E-state index is 0.453. The number of thiocarbonyl (C=S) groups is 1. The highest BCUT2D eigenvalue weighted by Crippen LogP contribution is 2.31. The predicted molar refractivity (Wildman–Crippen MR) is 91.5 cm³/mol. The van der Waals surface area contributed by atoms with Crippen molar-refractivity contribution in [3.05, 3.63) is 28.2 Å². The van der Waals surface area contributed by atoms with E-state index in [9.17, 15) is 0 Å². The molecular formula is C15H20BrN3S. The van der Waals surface area contributed by atoms with E-state index in [4.69, 9.17) is 18.0 Å². The average Bonchev–Trinajstić information content (AvgIpc) is 2.46. The molecule has 2 N–H and O–H groups in total. The Morgan fingerprint density at radius 3 is 2.85 bits per heavy atom. The Bertz CT molecular complexity index is 520. The van der Waals surface area contributed by atoms with Crippen molar-refractivity contribution in [2.24, 2.45) is 5.73 Å². The van der Waals surface area contributed by atoms with Gasteiger partial charge in [0.2, 0.25) is 0 Å². The lowest BCUT2D eigenvalue weighted by atomic mass is 9.99. The van der Waals surface area contributed by atoms with Crippen LogP contribution >= 0.6 is 28.1 Å². The van der Waals surface area contributed by atoms with E-state index in [-0.39, 0.29) is 0 Å². The van der Waals surface area contributed by atoms with Crippen LogP contribution in [-0.4, -0.2) is 42.1 Å². The van der Waals surface area contributed by atoms with Gasteiger partial charge in [-0.3, -0.25) is 4.90 Å². The summed E-state index contributed by atoms with van der Waals surface area (Å²) >= 11 is 8.70. The van der Waals surface area contributed by atoms with Crippen molar-refractivity contribution >= 4 is 38.8 Å². The van der Waals surface area contributed by atoms with E-state index in [2.05, 4.69) is 31.8 Å². The number of rotatable bonds is 2. The van der Waals surface area contributed by atoms with Crippen LogP contribution in [0.3, 0.4) is 0 Å². The van der Waals surface area contributed by atoms with Crippen molar-refractivity contribution in [3.8, 4) is 0 Å². The van der Waals surface area contributed by atoms with Gasteiger partial charge in [0.05, 0.1) is 5.69 Å². The number of nitrogens with two attached hydrogens (primary N) is 1. The lowest BCUT2D eigenvalue weighted by Gasteiger charge is -2.45. The standard InChI is InChI=1S/C15H20BrN3S/c16-13-9-11(15(17)20)4-5-14(13)19-8-7-18-6-2-1-3-12(18)10-19/h4-5,9,12H,1-3,6-8,10H2,(H2,17,20). The maximum absolute atomic E-state index is 5.69. The third-order valence-electron chi connectivity index (χ3n) is 4.41. The lowest BCUT2D eigenvalue weighted by Crippen LogP contribution is -2.55. The maximum atomic E-state index is 5.69. The highest BCUT2D eigenvalue weighted by Gasteiger charge is 2.29. The minimum Gasteiger partial charge on any atom is -0.389 e. The van der Waals surface area contributed by atoms with Gasteiger partial charge in [0.25, 0.3) is 0 Å². The van der Waals surface area contributed by atoms with E-state index in [0.29, 0.717) is 4.99 Å². The van der Waals surface area contributed by atoms with E-state index in [0.717, 1.165) is 29.2 Å². The molecule has 0 aliphatic carbocycles. The lowest BCUT2D eigenvalue weighted by molar-refractivity contribution is 0.133. The number of piperidine rings is 1. The summed E-state index contributed by atoms with van der Waals surface area (Å²) in [5, 5.41) is 0. The van der Waals surface area contributed by atoms with Gasteiger partial charge in [0, 0.05) is 35.7 Å². The quantitative estimate of drug-likeness (QED) is 0.828. The monoisotopic (exact) mass is 353 g/mol. The number of nitrogens with zero attached hydrogens (tertiary/aromatic N) is 2. The zero-order valence-electron chi connectivity index (χ0n) is 11.5. The van der Waals surface area contributed by atoms with Gasteiger partial charge in [0.15, 0.2) is 0 Å². The van der Waals surface area contributed by atoms with E-state index in [1.54, 1.807) is 0 Å². The van der Waals surface area contributed by atoms with Crippen LogP contribution in [0.4, 0.5) is 5.69 Å². The van der Waals surface area contributed by atoms with Crippen molar-refractivity contribution in [2.45, 2.75) is 25.3 Å². The molecule has 2 aliphatic rings. The maximum Gasteiger partial charge on any atom is 0.104 e. The van der Waals surface area contributed by atoms with Crippen LogP contribution in [0.1, 0.15) is 24.8 Å². The molecule has 0 saturated carbocycles. The van der Waals surface area contributed by atoms with Gasteiger partial charge >= 0.3 is 0 Å². The Balaban J connectivity index is 1.78. The highest BCUT2D eigenvalue weighted by atomic mass is 79.9. The van der Waals surface area contributed by atoms with Crippen molar-refractivity contribution < 1.29 is 0 Å². The number of halogens is 1. The van der Waals surface area contributed by atoms with Crippen LogP contribution in [0.5, 0.6) is 0 Å². The van der Waals surface area contributed by atoms with Crippen LogP contribution in [-0.2, 0) is 0 Å². The summed E-state index contributed by atoms with van der Waals surface area (Å²) < 4.78 is 1.09. The summed E-state index contributed by atoms with van der Waals surface area (Å²) in [6.07, 6.45) is 4.07. The SMILES string of the molecule is NC(=S)c1ccc(N2CCN3CCCCC3C2)c(Br)c1. The number of benzene rings is 1. The molecule has 2 heterocycles. The normalized spacial score (nSPS) is 23.4. The molecule has 2 saturated heterocycles.